The normalized spacial score (nSPS) is 20.0. The number of hydrogen-bond donors (Lipinski definition) is 2. The lowest BCUT2D eigenvalue weighted by Gasteiger charge is -2.37. The second kappa shape index (κ2) is 9.45. The van der Waals surface area contributed by atoms with Gasteiger partial charge in [-0.3, -0.25) is 4.72 Å². The molecule has 0 fully saturated rings. The van der Waals surface area contributed by atoms with Crippen LogP contribution >= 0.6 is 0 Å². The average molecular weight is 509 g/mol. The predicted octanol–water partition coefficient (Wildman–Crippen LogP) is 7.41. The Labute approximate surface area is 217 Å². The number of ether oxygens (including phenoxy) is 1. The van der Waals surface area contributed by atoms with E-state index in [1.807, 2.05) is 42.5 Å². The minimum atomic E-state index is -3.76. The lowest BCUT2D eigenvalue weighted by Crippen LogP contribution is -2.29. The first-order chi connectivity index (χ1) is 18.0. The number of nitrogens with one attached hydrogen (secondary N) is 2. The standard InChI is InChI=1S/C31H28N2O3S/c1-21-7-5-8-22(19-21)31-28-12-6-11-27(28)29-20-26(17-18-30(29)32-31)37(34,35)33-23-13-15-25(16-14-23)36-24-9-3-2-4-10-24/h2-11,13-20,27-28,31-33H,12H2,1H3/t27-,28+,31+/m0/s1. The van der Waals surface area contributed by atoms with Gasteiger partial charge in [-0.2, -0.15) is 0 Å². The lowest BCUT2D eigenvalue weighted by atomic mass is 9.77. The van der Waals surface area contributed by atoms with Crippen LogP contribution in [0, 0.1) is 12.8 Å². The Hall–Kier alpha value is -4.03. The molecular formula is C31H28N2O3S. The van der Waals surface area contributed by atoms with E-state index < -0.39 is 10.0 Å². The first-order valence-corrected chi connectivity index (χ1v) is 13.9. The summed E-state index contributed by atoms with van der Waals surface area (Å²) >= 11 is 0. The zero-order chi connectivity index (χ0) is 25.4. The van der Waals surface area contributed by atoms with Crippen molar-refractivity contribution in [3.8, 4) is 11.5 Å². The predicted molar refractivity (Wildman–Crippen MR) is 148 cm³/mol. The van der Waals surface area contributed by atoms with Gasteiger partial charge in [-0.15, -0.1) is 0 Å². The molecule has 4 aromatic carbocycles. The Morgan fingerprint density at radius 3 is 2.43 bits per heavy atom. The number of anilines is 2. The zero-order valence-corrected chi connectivity index (χ0v) is 21.3. The highest BCUT2D eigenvalue weighted by atomic mass is 32.2. The van der Waals surface area contributed by atoms with Gasteiger partial charge in [-0.05, 0) is 85.0 Å². The van der Waals surface area contributed by atoms with Crippen molar-refractivity contribution >= 4 is 21.4 Å². The maximum Gasteiger partial charge on any atom is 0.261 e. The van der Waals surface area contributed by atoms with Crippen LogP contribution in [0.2, 0.25) is 0 Å². The third kappa shape index (κ3) is 4.72. The molecule has 0 amide bonds. The third-order valence-electron chi connectivity index (χ3n) is 7.13. The Morgan fingerprint density at radius 2 is 1.65 bits per heavy atom. The van der Waals surface area contributed by atoms with E-state index in [1.54, 1.807) is 30.3 Å². The number of fused-ring (bicyclic) bond motifs is 3. The number of sulfonamides is 1. The van der Waals surface area contributed by atoms with E-state index in [2.05, 4.69) is 53.4 Å². The van der Waals surface area contributed by atoms with Crippen LogP contribution in [-0.4, -0.2) is 8.42 Å². The van der Waals surface area contributed by atoms with E-state index in [-0.39, 0.29) is 16.9 Å². The van der Waals surface area contributed by atoms with Crippen molar-refractivity contribution < 1.29 is 13.2 Å². The van der Waals surface area contributed by atoms with E-state index >= 15 is 0 Å². The second-order valence-corrected chi connectivity index (χ2v) is 11.4. The van der Waals surface area contributed by atoms with Gasteiger partial charge in [0, 0.05) is 17.3 Å². The van der Waals surface area contributed by atoms with Gasteiger partial charge in [0.05, 0.1) is 10.9 Å². The molecular weight excluding hydrogens is 480 g/mol. The quantitative estimate of drug-likeness (QED) is 0.266. The molecule has 1 heterocycles. The van der Waals surface area contributed by atoms with Crippen LogP contribution in [0.3, 0.4) is 0 Å². The Kier molecular flexibility index (Phi) is 5.97. The van der Waals surface area contributed by atoms with Crippen molar-refractivity contribution in [1.82, 2.24) is 0 Å². The molecule has 0 aromatic heterocycles. The summed E-state index contributed by atoms with van der Waals surface area (Å²) in [6, 6.07) is 30.6. The van der Waals surface area contributed by atoms with Crippen molar-refractivity contribution in [2.75, 3.05) is 10.0 Å². The minimum Gasteiger partial charge on any atom is -0.457 e. The fourth-order valence-electron chi connectivity index (χ4n) is 5.36. The van der Waals surface area contributed by atoms with Gasteiger partial charge in [-0.25, -0.2) is 8.42 Å². The van der Waals surface area contributed by atoms with Gasteiger partial charge in [0.1, 0.15) is 11.5 Å². The summed E-state index contributed by atoms with van der Waals surface area (Å²) < 4.78 is 35.1. The molecule has 0 saturated heterocycles. The summed E-state index contributed by atoms with van der Waals surface area (Å²) in [5, 5.41) is 3.70. The molecule has 1 aliphatic carbocycles. The topological polar surface area (TPSA) is 67.4 Å². The van der Waals surface area contributed by atoms with Crippen LogP contribution in [0.4, 0.5) is 11.4 Å². The lowest BCUT2D eigenvalue weighted by molar-refractivity contribution is 0.425. The van der Waals surface area contributed by atoms with Crippen LogP contribution in [0.25, 0.3) is 0 Å². The maximum absolute atomic E-state index is 13.3. The highest BCUT2D eigenvalue weighted by molar-refractivity contribution is 7.92. The van der Waals surface area contributed by atoms with Crippen LogP contribution in [0.5, 0.6) is 11.5 Å². The second-order valence-electron chi connectivity index (χ2n) is 9.68. The maximum atomic E-state index is 13.3. The molecule has 6 rings (SSSR count). The van der Waals surface area contributed by atoms with Crippen molar-refractivity contribution in [3.63, 3.8) is 0 Å². The molecule has 0 radical (unpaired) electrons. The summed E-state index contributed by atoms with van der Waals surface area (Å²) in [6.07, 6.45) is 5.40. The molecule has 6 heteroatoms. The molecule has 2 aliphatic rings. The molecule has 0 saturated carbocycles. The fourth-order valence-corrected chi connectivity index (χ4v) is 6.46. The van der Waals surface area contributed by atoms with Gasteiger partial charge in [-0.1, -0.05) is 60.2 Å². The number of aryl methyl sites for hydroxylation is 1. The van der Waals surface area contributed by atoms with Crippen LogP contribution in [-0.2, 0) is 10.0 Å². The summed E-state index contributed by atoms with van der Waals surface area (Å²) in [7, 11) is -3.76. The Balaban J connectivity index is 1.23. The molecule has 4 aromatic rings. The van der Waals surface area contributed by atoms with E-state index in [0.29, 0.717) is 17.4 Å². The summed E-state index contributed by atoms with van der Waals surface area (Å²) in [4.78, 5) is 0.255. The number of allylic oxidation sites excluding steroid dienone is 2. The molecule has 186 valence electrons. The first kappa shape index (κ1) is 23.4. The fraction of sp³-hybridized carbons (Fsp3) is 0.161. The molecule has 1 aliphatic heterocycles. The summed E-state index contributed by atoms with van der Waals surface area (Å²) in [5.74, 6) is 1.88. The van der Waals surface area contributed by atoms with Crippen molar-refractivity contribution in [3.05, 3.63) is 126 Å². The minimum absolute atomic E-state index is 0.173. The number of benzene rings is 4. The Bertz CT molecular complexity index is 1560. The summed E-state index contributed by atoms with van der Waals surface area (Å²) in [5.41, 5.74) is 4.99. The largest absolute Gasteiger partial charge is 0.457 e. The number of hydrogen-bond acceptors (Lipinski definition) is 4. The summed E-state index contributed by atoms with van der Waals surface area (Å²) in [6.45, 7) is 2.11. The SMILES string of the molecule is Cc1cccc([C@H]2Nc3ccc(S(=O)(=O)Nc4ccc(Oc5ccccc5)cc4)cc3[C@H]3C=CC[C@H]32)c1. The molecule has 37 heavy (non-hydrogen) atoms. The van der Waals surface area contributed by atoms with Gasteiger partial charge in [0.25, 0.3) is 10.0 Å². The molecule has 0 unspecified atom stereocenters. The van der Waals surface area contributed by atoms with E-state index in [9.17, 15) is 8.42 Å². The van der Waals surface area contributed by atoms with Crippen molar-refractivity contribution in [1.29, 1.82) is 0 Å². The van der Waals surface area contributed by atoms with Gasteiger partial charge >= 0.3 is 0 Å². The van der Waals surface area contributed by atoms with Crippen LogP contribution in [0.1, 0.15) is 35.1 Å². The van der Waals surface area contributed by atoms with Crippen LogP contribution in [0.15, 0.2) is 114 Å². The highest BCUT2D eigenvalue weighted by Crippen LogP contribution is 2.50. The van der Waals surface area contributed by atoms with E-state index in [4.69, 9.17) is 4.74 Å². The smallest absolute Gasteiger partial charge is 0.261 e. The number of para-hydroxylation sites is 1. The van der Waals surface area contributed by atoms with Gasteiger partial charge in [0.15, 0.2) is 0 Å². The molecule has 0 spiro atoms. The highest BCUT2D eigenvalue weighted by Gasteiger charge is 2.38. The van der Waals surface area contributed by atoms with E-state index in [1.165, 1.54) is 11.1 Å². The van der Waals surface area contributed by atoms with E-state index in [0.717, 1.165) is 23.4 Å². The number of rotatable bonds is 6. The van der Waals surface area contributed by atoms with Gasteiger partial charge < -0.3 is 10.1 Å². The molecule has 3 atom stereocenters. The van der Waals surface area contributed by atoms with Crippen LogP contribution < -0.4 is 14.8 Å². The third-order valence-corrected chi connectivity index (χ3v) is 8.51. The average Bonchev–Trinajstić information content (AvgIpc) is 3.40. The first-order valence-electron chi connectivity index (χ1n) is 12.5. The molecule has 5 nitrogen and oxygen atoms in total. The monoisotopic (exact) mass is 508 g/mol. The van der Waals surface area contributed by atoms with Crippen molar-refractivity contribution in [2.24, 2.45) is 5.92 Å². The Morgan fingerprint density at radius 1 is 0.865 bits per heavy atom. The zero-order valence-electron chi connectivity index (χ0n) is 20.5. The molecule has 2 N–H and O–H groups in total. The van der Waals surface area contributed by atoms with Gasteiger partial charge in [0.2, 0.25) is 0 Å². The van der Waals surface area contributed by atoms with Crippen molar-refractivity contribution in [2.45, 2.75) is 30.2 Å². The molecule has 0 bridgehead atoms.